The fourth-order valence-corrected chi connectivity index (χ4v) is 2.05. The van der Waals surface area contributed by atoms with Crippen molar-refractivity contribution in [1.29, 1.82) is 0 Å². The van der Waals surface area contributed by atoms with Gasteiger partial charge in [0.05, 0.1) is 5.60 Å². The molecule has 4 N–H and O–H groups in total. The molecule has 1 saturated heterocycles. The van der Waals surface area contributed by atoms with E-state index in [1.165, 1.54) is 0 Å². The van der Waals surface area contributed by atoms with Crippen LogP contribution in [-0.2, 0) is 0 Å². The van der Waals surface area contributed by atoms with Crippen LogP contribution in [0.2, 0.25) is 0 Å². The summed E-state index contributed by atoms with van der Waals surface area (Å²) >= 11 is 0. The summed E-state index contributed by atoms with van der Waals surface area (Å²) in [5, 5.41) is 10.0. The Morgan fingerprint density at radius 2 is 2.05 bits per heavy atom. The lowest BCUT2D eigenvalue weighted by Gasteiger charge is -2.37. The number of nitrogens with zero attached hydrogens (tertiary/aromatic N) is 2. The first-order valence-electron chi connectivity index (χ1n) is 6.77. The molecule has 6 heteroatoms. The standard InChI is InChI=1S/C11H18N4O2.C2H6/c1-8-6-13-9(10(16)14-8)15-4-2-11(17,7-12)3-5-15;1-2/h6,17H,2-5,7,12H2,1H3,(H,14,16);1-2H3. The van der Waals surface area contributed by atoms with Gasteiger partial charge in [0.25, 0.3) is 5.56 Å². The number of nitrogens with one attached hydrogen (secondary N) is 1. The van der Waals surface area contributed by atoms with Crippen LogP contribution in [0.1, 0.15) is 32.4 Å². The number of hydrogen-bond acceptors (Lipinski definition) is 5. The van der Waals surface area contributed by atoms with E-state index in [4.69, 9.17) is 5.73 Å². The molecule has 0 saturated carbocycles. The maximum absolute atomic E-state index is 11.7. The second-order valence-electron chi connectivity index (χ2n) is 4.63. The Bertz CT molecular complexity index is 450. The minimum atomic E-state index is -0.784. The van der Waals surface area contributed by atoms with Gasteiger partial charge in [-0.2, -0.15) is 0 Å². The molecule has 0 radical (unpaired) electrons. The maximum Gasteiger partial charge on any atom is 0.291 e. The van der Waals surface area contributed by atoms with Gasteiger partial charge in [-0.3, -0.25) is 4.79 Å². The summed E-state index contributed by atoms with van der Waals surface area (Å²) in [6, 6.07) is 0. The Morgan fingerprint density at radius 1 is 1.47 bits per heavy atom. The van der Waals surface area contributed by atoms with E-state index in [0.717, 1.165) is 5.69 Å². The predicted molar refractivity (Wildman–Crippen MR) is 76.4 cm³/mol. The van der Waals surface area contributed by atoms with Gasteiger partial charge in [0, 0.05) is 31.5 Å². The van der Waals surface area contributed by atoms with Gasteiger partial charge in [-0.15, -0.1) is 0 Å². The maximum atomic E-state index is 11.7. The van der Waals surface area contributed by atoms with Crippen molar-refractivity contribution in [3.05, 3.63) is 22.2 Å². The molecule has 1 fully saturated rings. The lowest BCUT2D eigenvalue weighted by molar-refractivity contribution is 0.0248. The molecule has 19 heavy (non-hydrogen) atoms. The average molecular weight is 268 g/mol. The van der Waals surface area contributed by atoms with E-state index in [1.54, 1.807) is 13.1 Å². The van der Waals surface area contributed by atoms with Crippen LogP contribution in [0.5, 0.6) is 0 Å². The summed E-state index contributed by atoms with van der Waals surface area (Å²) in [6.07, 6.45) is 2.78. The molecule has 0 amide bonds. The van der Waals surface area contributed by atoms with Crippen LogP contribution in [0, 0.1) is 6.92 Å². The molecule has 108 valence electrons. The van der Waals surface area contributed by atoms with Crippen LogP contribution < -0.4 is 16.2 Å². The summed E-state index contributed by atoms with van der Waals surface area (Å²) in [5.74, 6) is 0.426. The van der Waals surface area contributed by atoms with Gasteiger partial charge in [-0.25, -0.2) is 4.98 Å². The predicted octanol–water partition coefficient (Wildman–Crippen LogP) is 0.395. The van der Waals surface area contributed by atoms with Crippen molar-refractivity contribution in [2.24, 2.45) is 5.73 Å². The molecule has 1 aliphatic heterocycles. The minimum absolute atomic E-state index is 0.178. The second-order valence-corrected chi connectivity index (χ2v) is 4.63. The lowest BCUT2D eigenvalue weighted by atomic mass is 9.92. The van der Waals surface area contributed by atoms with E-state index in [-0.39, 0.29) is 12.1 Å². The van der Waals surface area contributed by atoms with Crippen LogP contribution in [0.15, 0.2) is 11.0 Å². The number of H-pyrrole nitrogens is 1. The van der Waals surface area contributed by atoms with Crippen molar-refractivity contribution in [1.82, 2.24) is 9.97 Å². The fourth-order valence-electron chi connectivity index (χ4n) is 2.05. The smallest absolute Gasteiger partial charge is 0.291 e. The molecular weight excluding hydrogens is 244 g/mol. The fraction of sp³-hybridized carbons (Fsp3) is 0.692. The van der Waals surface area contributed by atoms with Crippen LogP contribution in [0.4, 0.5) is 5.82 Å². The molecule has 6 nitrogen and oxygen atoms in total. The highest BCUT2D eigenvalue weighted by molar-refractivity contribution is 5.36. The zero-order chi connectivity index (χ0) is 14.5. The van der Waals surface area contributed by atoms with E-state index < -0.39 is 5.60 Å². The first-order chi connectivity index (χ1) is 9.04. The summed E-state index contributed by atoms with van der Waals surface area (Å²) in [7, 11) is 0. The zero-order valence-electron chi connectivity index (χ0n) is 11.9. The number of rotatable bonds is 2. The van der Waals surface area contributed by atoms with Crippen LogP contribution in [0.3, 0.4) is 0 Å². The van der Waals surface area contributed by atoms with Gasteiger partial charge in [-0.1, -0.05) is 13.8 Å². The molecule has 1 aromatic heterocycles. The van der Waals surface area contributed by atoms with Gasteiger partial charge in [-0.05, 0) is 19.8 Å². The SMILES string of the molecule is CC.Cc1cnc(N2CCC(O)(CN)CC2)c(=O)[nH]1. The number of aryl methyl sites for hydroxylation is 1. The summed E-state index contributed by atoms with van der Waals surface area (Å²) in [4.78, 5) is 20.5. The van der Waals surface area contributed by atoms with Gasteiger partial charge in [0.1, 0.15) is 0 Å². The Kier molecular flexibility index (Phi) is 5.50. The highest BCUT2D eigenvalue weighted by Crippen LogP contribution is 2.22. The number of nitrogens with two attached hydrogens (primary N) is 1. The van der Waals surface area contributed by atoms with E-state index >= 15 is 0 Å². The molecule has 0 bridgehead atoms. The van der Waals surface area contributed by atoms with Gasteiger partial charge >= 0.3 is 0 Å². The highest BCUT2D eigenvalue weighted by atomic mass is 16.3. The second kappa shape index (κ2) is 6.68. The van der Waals surface area contributed by atoms with Crippen molar-refractivity contribution in [2.45, 2.75) is 39.2 Å². The van der Waals surface area contributed by atoms with E-state index in [1.807, 2.05) is 18.7 Å². The van der Waals surface area contributed by atoms with Crippen molar-refractivity contribution >= 4 is 5.82 Å². The number of aromatic amines is 1. The highest BCUT2D eigenvalue weighted by Gasteiger charge is 2.31. The Balaban J connectivity index is 0.000000861. The van der Waals surface area contributed by atoms with E-state index in [9.17, 15) is 9.90 Å². The number of anilines is 1. The number of hydrogen-bond donors (Lipinski definition) is 3. The lowest BCUT2D eigenvalue weighted by Crippen LogP contribution is -2.50. The Morgan fingerprint density at radius 3 is 2.53 bits per heavy atom. The summed E-state index contributed by atoms with van der Waals surface area (Å²) in [6.45, 7) is 7.26. The molecule has 0 aliphatic carbocycles. The molecule has 0 unspecified atom stereocenters. The van der Waals surface area contributed by atoms with Crippen molar-refractivity contribution < 1.29 is 5.11 Å². The largest absolute Gasteiger partial charge is 0.388 e. The van der Waals surface area contributed by atoms with Crippen molar-refractivity contribution in [2.75, 3.05) is 24.5 Å². The third-order valence-corrected chi connectivity index (χ3v) is 3.27. The van der Waals surface area contributed by atoms with E-state index in [2.05, 4.69) is 9.97 Å². The third kappa shape index (κ3) is 3.78. The zero-order valence-corrected chi connectivity index (χ0v) is 11.9. The molecule has 1 aromatic rings. The van der Waals surface area contributed by atoms with Gasteiger partial charge < -0.3 is 20.7 Å². The third-order valence-electron chi connectivity index (χ3n) is 3.27. The molecule has 0 atom stereocenters. The minimum Gasteiger partial charge on any atom is -0.388 e. The first-order valence-corrected chi connectivity index (χ1v) is 6.77. The van der Waals surface area contributed by atoms with Crippen molar-refractivity contribution in [3.63, 3.8) is 0 Å². The molecular formula is C13H24N4O2. The molecule has 1 aliphatic rings. The molecule has 0 aromatic carbocycles. The van der Waals surface area contributed by atoms with Crippen molar-refractivity contribution in [3.8, 4) is 0 Å². The normalized spacial score (nSPS) is 17.6. The average Bonchev–Trinajstić information content (AvgIpc) is 2.43. The number of aliphatic hydroxyl groups is 1. The Labute approximate surface area is 113 Å². The van der Waals surface area contributed by atoms with Gasteiger partial charge in [0.15, 0.2) is 5.82 Å². The summed E-state index contributed by atoms with van der Waals surface area (Å²) < 4.78 is 0. The molecule has 0 spiro atoms. The quantitative estimate of drug-likeness (QED) is 0.721. The summed E-state index contributed by atoms with van der Waals surface area (Å²) in [5.41, 5.74) is 5.30. The molecule has 2 rings (SSSR count). The number of piperidine rings is 1. The van der Waals surface area contributed by atoms with Gasteiger partial charge in [0.2, 0.25) is 0 Å². The number of aromatic nitrogens is 2. The molecule has 2 heterocycles. The van der Waals surface area contributed by atoms with Crippen LogP contribution in [-0.4, -0.2) is 40.3 Å². The van der Waals surface area contributed by atoms with Crippen LogP contribution >= 0.6 is 0 Å². The van der Waals surface area contributed by atoms with E-state index in [0.29, 0.717) is 31.7 Å². The Hall–Kier alpha value is -1.40. The first kappa shape index (κ1) is 15.7. The topological polar surface area (TPSA) is 95.2 Å². The monoisotopic (exact) mass is 268 g/mol. The van der Waals surface area contributed by atoms with Crippen LogP contribution in [0.25, 0.3) is 0 Å².